The van der Waals surface area contributed by atoms with Crippen LogP contribution in [0.25, 0.3) is 28.0 Å². The van der Waals surface area contributed by atoms with E-state index in [0.29, 0.717) is 24.5 Å². The number of ether oxygens (including phenoxy) is 2. The molecule has 6 rings (SSSR count). The number of nitrogens with zero attached hydrogens (tertiary/aromatic N) is 8. The van der Waals surface area contributed by atoms with Crippen molar-refractivity contribution in [1.29, 1.82) is 0 Å². The van der Waals surface area contributed by atoms with Gasteiger partial charge in [-0.2, -0.15) is 5.10 Å². The number of carbonyl (C=O) groups excluding carboxylic acids is 1. The summed E-state index contributed by atoms with van der Waals surface area (Å²) in [6.07, 6.45) is 4.98. The van der Waals surface area contributed by atoms with Crippen LogP contribution in [0.3, 0.4) is 0 Å². The third-order valence-electron chi connectivity index (χ3n) is 8.04. The third-order valence-corrected chi connectivity index (χ3v) is 8.04. The van der Waals surface area contributed by atoms with Gasteiger partial charge in [0.15, 0.2) is 5.82 Å². The molecular weight excluding hydrogens is 510 g/mol. The highest BCUT2D eigenvalue weighted by Gasteiger charge is 2.32. The van der Waals surface area contributed by atoms with Crippen molar-refractivity contribution in [1.82, 2.24) is 34.5 Å². The zero-order valence-corrected chi connectivity index (χ0v) is 23.3. The van der Waals surface area contributed by atoms with Crippen LogP contribution >= 0.6 is 0 Å². The Hall–Kier alpha value is -4.19. The molecular formula is C28H35N9O3. The molecule has 2 fully saturated rings. The molecule has 40 heavy (non-hydrogen) atoms. The van der Waals surface area contributed by atoms with Gasteiger partial charge in [-0.3, -0.25) is 4.79 Å². The summed E-state index contributed by atoms with van der Waals surface area (Å²) in [4.78, 5) is 20.8. The number of nitrogen functional groups attached to an aromatic ring is 1. The van der Waals surface area contributed by atoms with Crippen molar-refractivity contribution in [3.05, 3.63) is 36.8 Å². The average molecular weight is 546 g/mol. The minimum atomic E-state index is 0.0853. The predicted octanol–water partition coefficient (Wildman–Crippen LogP) is 3.04. The predicted molar refractivity (Wildman–Crippen MR) is 151 cm³/mol. The number of hydrogen-bond acceptors (Lipinski definition) is 9. The molecule has 210 valence electrons. The fourth-order valence-corrected chi connectivity index (χ4v) is 6.29. The van der Waals surface area contributed by atoms with Gasteiger partial charge in [-0.15, -0.1) is 5.10 Å². The summed E-state index contributed by atoms with van der Waals surface area (Å²) in [6.45, 7) is 8.66. The highest BCUT2D eigenvalue weighted by molar-refractivity contribution is 5.91. The van der Waals surface area contributed by atoms with E-state index >= 15 is 0 Å². The Balaban J connectivity index is 1.45. The Kier molecular flexibility index (Phi) is 6.78. The molecule has 1 amide bonds. The van der Waals surface area contributed by atoms with Crippen LogP contribution in [0.2, 0.25) is 0 Å². The van der Waals surface area contributed by atoms with Crippen LogP contribution in [0.15, 0.2) is 36.8 Å². The molecule has 0 saturated carbocycles. The first-order valence-corrected chi connectivity index (χ1v) is 13.7. The third kappa shape index (κ3) is 4.51. The smallest absolute Gasteiger partial charge is 0.220 e. The van der Waals surface area contributed by atoms with E-state index < -0.39 is 0 Å². The molecule has 0 spiro atoms. The van der Waals surface area contributed by atoms with Crippen molar-refractivity contribution in [2.24, 2.45) is 0 Å². The number of methoxy groups -OCH3 is 1. The second kappa shape index (κ2) is 10.4. The van der Waals surface area contributed by atoms with Crippen molar-refractivity contribution in [2.75, 3.05) is 44.0 Å². The van der Waals surface area contributed by atoms with Crippen molar-refractivity contribution < 1.29 is 14.3 Å². The maximum atomic E-state index is 12.2. The molecule has 1 aromatic carbocycles. The largest absolute Gasteiger partial charge is 0.497 e. The van der Waals surface area contributed by atoms with E-state index in [9.17, 15) is 4.79 Å². The Morgan fingerprint density at radius 1 is 1.07 bits per heavy atom. The van der Waals surface area contributed by atoms with Crippen LogP contribution in [-0.4, -0.2) is 85.9 Å². The summed E-state index contributed by atoms with van der Waals surface area (Å²) in [5, 5.41) is 13.3. The van der Waals surface area contributed by atoms with Crippen molar-refractivity contribution in [2.45, 2.75) is 51.7 Å². The molecule has 2 N–H and O–H groups in total. The number of fused-ring (bicyclic) bond motifs is 1. The van der Waals surface area contributed by atoms with E-state index in [0.717, 1.165) is 59.9 Å². The summed E-state index contributed by atoms with van der Waals surface area (Å²) in [5.74, 6) is 1.21. The van der Waals surface area contributed by atoms with Crippen LogP contribution in [0.5, 0.6) is 5.75 Å². The first-order chi connectivity index (χ1) is 19.4. The molecule has 2 aliphatic rings. The number of carbonyl (C=O) groups is 1. The summed E-state index contributed by atoms with van der Waals surface area (Å²) in [5.41, 5.74) is 11.7. The van der Waals surface area contributed by atoms with Crippen molar-refractivity contribution >= 4 is 22.9 Å². The molecule has 2 atom stereocenters. The first kappa shape index (κ1) is 26.1. The molecule has 2 aliphatic heterocycles. The van der Waals surface area contributed by atoms with Gasteiger partial charge in [-0.1, -0.05) is 5.21 Å². The minimum absolute atomic E-state index is 0.0853. The van der Waals surface area contributed by atoms with Crippen molar-refractivity contribution in [3.63, 3.8) is 0 Å². The van der Waals surface area contributed by atoms with Crippen LogP contribution < -0.4 is 15.4 Å². The Bertz CT molecular complexity index is 1530. The lowest BCUT2D eigenvalue weighted by Crippen LogP contribution is -2.58. The number of aromatic nitrogens is 6. The second-order valence-corrected chi connectivity index (χ2v) is 10.7. The SMILES string of the molecule is COc1cc(-c2cc(-c3cnnn3C3CCOCC3)c3c(N)ncnn23)cc(N2CC(C)N(C(C)=O)C(C)C2)c1. The Morgan fingerprint density at radius 3 is 2.52 bits per heavy atom. The minimum Gasteiger partial charge on any atom is -0.497 e. The molecule has 2 unspecified atom stereocenters. The number of rotatable bonds is 5. The van der Waals surface area contributed by atoms with E-state index in [1.54, 1.807) is 20.2 Å². The highest BCUT2D eigenvalue weighted by atomic mass is 16.5. The molecule has 12 heteroatoms. The Morgan fingerprint density at radius 2 is 1.82 bits per heavy atom. The summed E-state index contributed by atoms with van der Waals surface area (Å²) >= 11 is 0. The monoisotopic (exact) mass is 545 g/mol. The second-order valence-electron chi connectivity index (χ2n) is 10.7. The Labute approximate surface area is 232 Å². The van der Waals surface area contributed by atoms with Gasteiger partial charge in [0.25, 0.3) is 0 Å². The molecule has 2 saturated heterocycles. The average Bonchev–Trinajstić information content (AvgIpc) is 3.58. The van der Waals surface area contributed by atoms with E-state index in [-0.39, 0.29) is 24.0 Å². The first-order valence-electron chi connectivity index (χ1n) is 13.7. The van der Waals surface area contributed by atoms with Gasteiger partial charge in [0.1, 0.15) is 17.6 Å². The number of piperazine rings is 1. The van der Waals surface area contributed by atoms with Gasteiger partial charge >= 0.3 is 0 Å². The van der Waals surface area contributed by atoms with E-state index in [2.05, 4.69) is 51.3 Å². The number of nitrogens with two attached hydrogens (primary N) is 1. The van der Waals surface area contributed by atoms with Gasteiger partial charge in [0.05, 0.1) is 30.7 Å². The van der Waals surface area contributed by atoms with Crippen LogP contribution in [0.1, 0.15) is 39.7 Å². The number of anilines is 2. The number of benzene rings is 1. The summed E-state index contributed by atoms with van der Waals surface area (Å²) in [6, 6.07) is 8.62. The topological polar surface area (TPSA) is 129 Å². The van der Waals surface area contributed by atoms with E-state index in [1.807, 2.05) is 26.2 Å². The maximum absolute atomic E-state index is 12.2. The van der Waals surface area contributed by atoms with Gasteiger partial charge in [0, 0.05) is 68.2 Å². The van der Waals surface area contributed by atoms with Crippen LogP contribution in [-0.2, 0) is 9.53 Å². The lowest BCUT2D eigenvalue weighted by Gasteiger charge is -2.45. The fraction of sp³-hybridized carbons (Fsp3) is 0.464. The molecule has 12 nitrogen and oxygen atoms in total. The van der Waals surface area contributed by atoms with Gasteiger partial charge in [0.2, 0.25) is 5.91 Å². The summed E-state index contributed by atoms with van der Waals surface area (Å²) in [7, 11) is 1.67. The normalized spacial score (nSPS) is 20.3. The molecule has 0 aliphatic carbocycles. The lowest BCUT2D eigenvalue weighted by molar-refractivity contribution is -0.133. The highest BCUT2D eigenvalue weighted by Crippen LogP contribution is 2.39. The molecule has 0 radical (unpaired) electrons. The molecule has 5 heterocycles. The molecule has 3 aromatic heterocycles. The fourth-order valence-electron chi connectivity index (χ4n) is 6.29. The van der Waals surface area contributed by atoms with E-state index in [4.69, 9.17) is 15.2 Å². The van der Waals surface area contributed by atoms with Crippen LogP contribution in [0, 0.1) is 0 Å². The van der Waals surface area contributed by atoms with E-state index in [1.165, 1.54) is 6.33 Å². The zero-order valence-electron chi connectivity index (χ0n) is 23.3. The van der Waals surface area contributed by atoms with Crippen molar-refractivity contribution in [3.8, 4) is 28.3 Å². The molecule has 4 aromatic rings. The van der Waals surface area contributed by atoms with Gasteiger partial charge in [-0.25, -0.2) is 14.2 Å². The van der Waals surface area contributed by atoms with Gasteiger partial charge < -0.3 is 25.0 Å². The standard InChI is InChI=1S/C28H35N9O3/c1-17-14-34(15-18(2)35(17)19(3)38)22-9-20(10-23(11-22)39-4)25-12-24(27-28(29)30-16-32-37(25)27)26-13-31-33-36(26)21-5-7-40-8-6-21/h9-13,16-18,21H,5-8,14-15H2,1-4H3,(H2,29,30,32). The lowest BCUT2D eigenvalue weighted by atomic mass is 10.0. The quantitative estimate of drug-likeness (QED) is 0.402. The van der Waals surface area contributed by atoms with Crippen LogP contribution in [0.4, 0.5) is 11.5 Å². The number of amides is 1. The zero-order chi connectivity index (χ0) is 28.0. The summed E-state index contributed by atoms with van der Waals surface area (Å²) < 4.78 is 15.1. The molecule has 0 bridgehead atoms. The maximum Gasteiger partial charge on any atom is 0.220 e. The number of hydrogen-bond donors (Lipinski definition) is 1. The van der Waals surface area contributed by atoms with Gasteiger partial charge in [-0.05, 0) is 44.9 Å².